The highest BCUT2D eigenvalue weighted by molar-refractivity contribution is 5.72. The minimum atomic E-state index is -3.63. The number of hydrogen-bond acceptors (Lipinski definition) is 5. The molecule has 0 unspecified atom stereocenters. The lowest BCUT2D eigenvalue weighted by Gasteiger charge is -2.05. The topological polar surface area (TPSA) is 83.8 Å². The molecule has 0 fully saturated rings. The maximum Gasteiger partial charge on any atom is 0.586 e. The number of nitriles is 1. The first kappa shape index (κ1) is 14.1. The Labute approximate surface area is 134 Å². The van der Waals surface area contributed by atoms with Gasteiger partial charge in [-0.15, -0.1) is 13.9 Å². The zero-order valence-electron chi connectivity index (χ0n) is 12.0. The van der Waals surface area contributed by atoms with Crippen molar-refractivity contribution in [2.75, 3.05) is 0 Å². The second-order valence-corrected chi connectivity index (χ2v) is 5.05. The summed E-state index contributed by atoms with van der Waals surface area (Å²) in [5.74, 6) is -0.00789. The minimum Gasteiger partial charge on any atom is -0.395 e. The summed E-state index contributed by atoms with van der Waals surface area (Å²) in [4.78, 5) is 0. The SMILES string of the molecule is N#Cc1[nH]nnc1-c1ccc(-c2ccc3c(c2)OC(F)(F)O3)cc1. The van der Waals surface area contributed by atoms with Crippen molar-refractivity contribution >= 4 is 0 Å². The molecule has 1 aliphatic heterocycles. The lowest BCUT2D eigenvalue weighted by atomic mass is 10.0. The summed E-state index contributed by atoms with van der Waals surface area (Å²) in [5, 5.41) is 19.0. The minimum absolute atomic E-state index is 0.00151. The number of ether oxygens (including phenoxy) is 2. The van der Waals surface area contributed by atoms with E-state index in [0.29, 0.717) is 11.3 Å². The number of rotatable bonds is 2. The van der Waals surface area contributed by atoms with Crippen molar-refractivity contribution in [2.45, 2.75) is 6.29 Å². The van der Waals surface area contributed by atoms with Crippen molar-refractivity contribution in [2.24, 2.45) is 0 Å². The van der Waals surface area contributed by atoms with Gasteiger partial charge in [0.2, 0.25) is 0 Å². The molecular formula is C16H8F2N4O2. The molecule has 1 aromatic heterocycles. The first-order chi connectivity index (χ1) is 11.6. The van der Waals surface area contributed by atoms with Crippen molar-refractivity contribution < 1.29 is 18.3 Å². The molecule has 0 aliphatic carbocycles. The van der Waals surface area contributed by atoms with E-state index in [1.807, 2.05) is 6.07 Å². The molecule has 0 spiro atoms. The van der Waals surface area contributed by atoms with Crippen LogP contribution >= 0.6 is 0 Å². The fraction of sp³-hybridized carbons (Fsp3) is 0.0625. The normalized spacial score (nSPS) is 14.4. The summed E-state index contributed by atoms with van der Waals surface area (Å²) in [6, 6.07) is 13.7. The summed E-state index contributed by atoms with van der Waals surface area (Å²) in [5.41, 5.74) is 2.93. The molecule has 24 heavy (non-hydrogen) atoms. The average Bonchev–Trinajstić information content (AvgIpc) is 3.16. The van der Waals surface area contributed by atoms with Gasteiger partial charge in [-0.1, -0.05) is 35.5 Å². The van der Waals surface area contributed by atoms with E-state index in [2.05, 4.69) is 24.9 Å². The van der Waals surface area contributed by atoms with Crippen LogP contribution in [0.2, 0.25) is 0 Å². The quantitative estimate of drug-likeness (QED) is 0.781. The van der Waals surface area contributed by atoms with E-state index < -0.39 is 6.29 Å². The van der Waals surface area contributed by atoms with Gasteiger partial charge in [0.25, 0.3) is 0 Å². The van der Waals surface area contributed by atoms with E-state index in [1.165, 1.54) is 12.1 Å². The maximum atomic E-state index is 13.1. The van der Waals surface area contributed by atoms with Crippen LogP contribution in [-0.2, 0) is 0 Å². The second kappa shape index (κ2) is 5.03. The number of aromatic nitrogens is 3. The van der Waals surface area contributed by atoms with Gasteiger partial charge in [0.05, 0.1) is 0 Å². The molecule has 0 bridgehead atoms. The monoisotopic (exact) mass is 326 g/mol. The van der Waals surface area contributed by atoms with Gasteiger partial charge in [-0.25, -0.2) is 5.10 Å². The molecule has 6 nitrogen and oxygen atoms in total. The zero-order valence-corrected chi connectivity index (χ0v) is 12.0. The van der Waals surface area contributed by atoms with E-state index >= 15 is 0 Å². The number of nitrogens with zero attached hydrogens (tertiary/aromatic N) is 3. The molecular weight excluding hydrogens is 318 g/mol. The predicted molar refractivity (Wildman–Crippen MR) is 78.2 cm³/mol. The van der Waals surface area contributed by atoms with E-state index in [-0.39, 0.29) is 17.2 Å². The van der Waals surface area contributed by atoms with Gasteiger partial charge in [-0.2, -0.15) is 5.26 Å². The first-order valence-electron chi connectivity index (χ1n) is 6.87. The molecule has 1 N–H and O–H groups in total. The van der Waals surface area contributed by atoms with Crippen LogP contribution in [0.4, 0.5) is 8.78 Å². The molecule has 0 amide bonds. The Hall–Kier alpha value is -3.47. The van der Waals surface area contributed by atoms with Crippen LogP contribution < -0.4 is 9.47 Å². The fourth-order valence-corrected chi connectivity index (χ4v) is 2.46. The van der Waals surface area contributed by atoms with Crippen LogP contribution in [0.15, 0.2) is 42.5 Å². The number of nitrogens with one attached hydrogen (secondary N) is 1. The maximum absolute atomic E-state index is 13.1. The third-order valence-corrected chi connectivity index (χ3v) is 3.55. The summed E-state index contributed by atoms with van der Waals surface area (Å²) < 4.78 is 35.0. The van der Waals surface area contributed by atoms with E-state index in [0.717, 1.165) is 11.1 Å². The summed E-state index contributed by atoms with van der Waals surface area (Å²) in [6.45, 7) is 0. The second-order valence-electron chi connectivity index (χ2n) is 5.05. The van der Waals surface area contributed by atoms with Gasteiger partial charge < -0.3 is 9.47 Å². The molecule has 3 aromatic rings. The van der Waals surface area contributed by atoms with E-state index in [1.54, 1.807) is 30.3 Å². The van der Waals surface area contributed by atoms with Gasteiger partial charge in [0, 0.05) is 5.56 Å². The number of alkyl halides is 2. The lowest BCUT2D eigenvalue weighted by Crippen LogP contribution is -2.25. The average molecular weight is 326 g/mol. The smallest absolute Gasteiger partial charge is 0.395 e. The predicted octanol–water partition coefficient (Wildman–Crippen LogP) is 3.33. The van der Waals surface area contributed by atoms with Crippen molar-refractivity contribution in [3.8, 4) is 40.0 Å². The zero-order chi connectivity index (χ0) is 16.7. The standard InChI is InChI=1S/C16H8F2N4O2/c17-16(18)23-13-6-5-11(7-14(13)24-16)9-1-3-10(4-2-9)15-12(8-19)20-22-21-15/h1-7H,(H,20,21,22). The summed E-state index contributed by atoms with van der Waals surface area (Å²) in [7, 11) is 0. The molecule has 0 saturated carbocycles. The Bertz CT molecular complexity index is 961. The van der Waals surface area contributed by atoms with Crippen molar-refractivity contribution in [1.29, 1.82) is 5.26 Å². The Morgan fingerprint density at radius 3 is 2.38 bits per heavy atom. The van der Waals surface area contributed by atoms with Crippen molar-refractivity contribution in [3.05, 3.63) is 48.2 Å². The molecule has 2 aromatic carbocycles. The molecule has 0 radical (unpaired) electrons. The molecule has 118 valence electrons. The Balaban J connectivity index is 1.66. The molecule has 0 atom stereocenters. The van der Waals surface area contributed by atoms with Crippen LogP contribution in [0.1, 0.15) is 5.69 Å². The van der Waals surface area contributed by atoms with Crippen LogP contribution in [-0.4, -0.2) is 21.7 Å². The van der Waals surface area contributed by atoms with Crippen LogP contribution in [0, 0.1) is 11.3 Å². The van der Waals surface area contributed by atoms with Gasteiger partial charge in [-0.05, 0) is 23.3 Å². The Kier molecular flexibility index (Phi) is 2.96. The number of halogens is 2. The van der Waals surface area contributed by atoms with Gasteiger partial charge in [0.1, 0.15) is 11.8 Å². The first-order valence-corrected chi connectivity index (χ1v) is 6.87. The number of aromatic amines is 1. The van der Waals surface area contributed by atoms with Gasteiger partial charge in [-0.3, -0.25) is 0 Å². The molecule has 4 rings (SSSR count). The van der Waals surface area contributed by atoms with Crippen LogP contribution in [0.5, 0.6) is 11.5 Å². The van der Waals surface area contributed by atoms with Gasteiger partial charge >= 0.3 is 6.29 Å². The summed E-state index contributed by atoms with van der Waals surface area (Å²) >= 11 is 0. The highest BCUT2D eigenvalue weighted by atomic mass is 19.3. The third kappa shape index (κ3) is 2.32. The van der Waals surface area contributed by atoms with E-state index in [9.17, 15) is 8.78 Å². The fourth-order valence-electron chi connectivity index (χ4n) is 2.46. The van der Waals surface area contributed by atoms with Crippen molar-refractivity contribution in [1.82, 2.24) is 15.4 Å². The van der Waals surface area contributed by atoms with Crippen molar-refractivity contribution in [3.63, 3.8) is 0 Å². The molecule has 0 saturated heterocycles. The number of fused-ring (bicyclic) bond motifs is 1. The van der Waals surface area contributed by atoms with Crippen LogP contribution in [0.3, 0.4) is 0 Å². The third-order valence-electron chi connectivity index (χ3n) is 3.55. The van der Waals surface area contributed by atoms with E-state index in [4.69, 9.17) is 5.26 Å². The molecule has 8 heteroatoms. The largest absolute Gasteiger partial charge is 0.586 e. The highest BCUT2D eigenvalue weighted by Crippen LogP contribution is 2.43. The lowest BCUT2D eigenvalue weighted by molar-refractivity contribution is -0.286. The van der Waals surface area contributed by atoms with Crippen LogP contribution in [0.25, 0.3) is 22.4 Å². The molecule has 2 heterocycles. The number of H-pyrrole nitrogens is 1. The Morgan fingerprint density at radius 2 is 1.62 bits per heavy atom. The number of benzene rings is 2. The number of hydrogen-bond donors (Lipinski definition) is 1. The summed E-state index contributed by atoms with van der Waals surface area (Å²) in [6.07, 6.45) is -3.63. The van der Waals surface area contributed by atoms with Gasteiger partial charge in [0.15, 0.2) is 17.2 Å². The Morgan fingerprint density at radius 1 is 0.958 bits per heavy atom. The highest BCUT2D eigenvalue weighted by Gasteiger charge is 2.43. The molecule has 1 aliphatic rings.